The minimum absolute atomic E-state index is 0.00304. The van der Waals surface area contributed by atoms with Crippen LogP contribution in [0, 0.1) is 5.92 Å². The first-order chi connectivity index (χ1) is 14.5. The summed E-state index contributed by atoms with van der Waals surface area (Å²) in [5.74, 6) is 0.118. The zero-order chi connectivity index (χ0) is 21.3. The lowest BCUT2D eigenvalue weighted by Gasteiger charge is -2.25. The quantitative estimate of drug-likeness (QED) is 0.706. The number of hydrogen-bond donors (Lipinski definition) is 1. The minimum atomic E-state index is 0.00304. The number of aryl methyl sites for hydroxylation is 1. The first-order valence-electron chi connectivity index (χ1n) is 10.5. The van der Waals surface area contributed by atoms with Gasteiger partial charge in [0, 0.05) is 38.2 Å². The van der Waals surface area contributed by atoms with Crippen molar-refractivity contribution in [3.8, 4) is 11.1 Å². The monoisotopic (exact) mass is 404 g/mol. The molecule has 6 heteroatoms. The fraction of sp³-hybridized carbons (Fsp3) is 0.375. The number of benzene rings is 2. The van der Waals surface area contributed by atoms with Crippen LogP contribution in [0.15, 0.2) is 48.8 Å². The number of nitrogens with zero attached hydrogens (tertiary/aromatic N) is 3. The van der Waals surface area contributed by atoms with Crippen molar-refractivity contribution in [1.82, 2.24) is 19.8 Å². The maximum absolute atomic E-state index is 13.0. The number of nitrogens with one attached hydrogen (secondary N) is 1. The zero-order valence-electron chi connectivity index (χ0n) is 17.8. The molecular formula is C24H28N4O2. The smallest absolute Gasteiger partial charge is 0.253 e. The van der Waals surface area contributed by atoms with Gasteiger partial charge in [0.2, 0.25) is 5.91 Å². The Labute approximate surface area is 176 Å². The Kier molecular flexibility index (Phi) is 5.57. The molecule has 2 aromatic carbocycles. The van der Waals surface area contributed by atoms with Crippen molar-refractivity contribution >= 4 is 22.8 Å². The maximum atomic E-state index is 13.0. The number of hydrogen-bond acceptors (Lipinski definition) is 3. The van der Waals surface area contributed by atoms with E-state index in [1.54, 1.807) is 4.90 Å². The third kappa shape index (κ3) is 3.82. The van der Waals surface area contributed by atoms with E-state index in [4.69, 9.17) is 0 Å². The van der Waals surface area contributed by atoms with Crippen LogP contribution in [0.4, 0.5) is 0 Å². The second-order valence-corrected chi connectivity index (χ2v) is 8.11. The third-order valence-electron chi connectivity index (χ3n) is 6.19. The van der Waals surface area contributed by atoms with Gasteiger partial charge < -0.3 is 14.8 Å². The molecule has 1 aromatic heterocycles. The van der Waals surface area contributed by atoms with Gasteiger partial charge >= 0.3 is 0 Å². The molecule has 156 valence electrons. The molecule has 0 unspecified atom stereocenters. The normalized spacial score (nSPS) is 18.5. The van der Waals surface area contributed by atoms with Crippen molar-refractivity contribution in [1.29, 1.82) is 0 Å². The molecule has 30 heavy (non-hydrogen) atoms. The summed E-state index contributed by atoms with van der Waals surface area (Å²) in [6.45, 7) is 2.58. The van der Waals surface area contributed by atoms with Crippen LogP contribution in [0.25, 0.3) is 22.2 Å². The molecule has 1 heterocycles. The summed E-state index contributed by atoms with van der Waals surface area (Å²) in [5.41, 5.74) is 4.85. The summed E-state index contributed by atoms with van der Waals surface area (Å²) in [7, 11) is 3.82. The molecule has 2 amide bonds. The van der Waals surface area contributed by atoms with Crippen molar-refractivity contribution in [2.75, 3.05) is 13.6 Å². The average molecular weight is 405 g/mol. The van der Waals surface area contributed by atoms with Gasteiger partial charge in [-0.1, -0.05) is 18.2 Å². The van der Waals surface area contributed by atoms with Gasteiger partial charge in [-0.3, -0.25) is 9.59 Å². The van der Waals surface area contributed by atoms with Crippen molar-refractivity contribution in [3.63, 3.8) is 0 Å². The number of rotatable bonds is 5. The molecule has 1 aliphatic rings. The minimum Gasteiger partial charge on any atom is -0.356 e. The van der Waals surface area contributed by atoms with E-state index >= 15 is 0 Å². The van der Waals surface area contributed by atoms with E-state index in [9.17, 15) is 9.59 Å². The fourth-order valence-electron chi connectivity index (χ4n) is 4.36. The molecule has 0 aliphatic heterocycles. The summed E-state index contributed by atoms with van der Waals surface area (Å²) in [5, 5.41) is 2.89. The Balaban J connectivity index is 1.45. The van der Waals surface area contributed by atoms with E-state index in [2.05, 4.69) is 28.5 Å². The van der Waals surface area contributed by atoms with E-state index in [-0.39, 0.29) is 23.8 Å². The maximum Gasteiger partial charge on any atom is 0.253 e. The molecule has 1 N–H and O–H groups in total. The van der Waals surface area contributed by atoms with Crippen LogP contribution in [0.1, 0.15) is 36.5 Å². The second kappa shape index (κ2) is 8.30. The van der Waals surface area contributed by atoms with E-state index in [0.29, 0.717) is 12.1 Å². The van der Waals surface area contributed by atoms with Gasteiger partial charge in [0.05, 0.1) is 17.4 Å². The highest BCUT2D eigenvalue weighted by Crippen LogP contribution is 2.30. The van der Waals surface area contributed by atoms with Gasteiger partial charge in [0.1, 0.15) is 0 Å². The average Bonchev–Trinajstić information content (AvgIpc) is 3.40. The van der Waals surface area contributed by atoms with Crippen LogP contribution < -0.4 is 5.32 Å². The largest absolute Gasteiger partial charge is 0.356 e. The molecule has 0 bridgehead atoms. The molecule has 1 aliphatic carbocycles. The fourth-order valence-corrected chi connectivity index (χ4v) is 4.36. The summed E-state index contributed by atoms with van der Waals surface area (Å²) >= 11 is 0. The highest BCUT2D eigenvalue weighted by molar-refractivity contribution is 5.95. The first kappa shape index (κ1) is 20.1. The SMILES string of the molecule is CCNC(=O)[C@H]1CC[C@@H](N(C)C(=O)c2ccc(-c3ccc4c(c3)ncn4C)cc2)C1. The van der Waals surface area contributed by atoms with Gasteiger partial charge in [-0.2, -0.15) is 0 Å². The van der Waals surface area contributed by atoms with Crippen LogP contribution >= 0.6 is 0 Å². The van der Waals surface area contributed by atoms with Crippen LogP contribution in [-0.4, -0.2) is 45.9 Å². The number of aromatic nitrogens is 2. The Hall–Kier alpha value is -3.15. The number of imidazole rings is 1. The third-order valence-corrected chi connectivity index (χ3v) is 6.19. The summed E-state index contributed by atoms with van der Waals surface area (Å²) < 4.78 is 2.00. The van der Waals surface area contributed by atoms with Crippen molar-refractivity contribution in [2.24, 2.45) is 13.0 Å². The Bertz CT molecular complexity index is 1070. The highest BCUT2D eigenvalue weighted by Gasteiger charge is 2.33. The van der Waals surface area contributed by atoms with E-state index in [1.165, 1.54) is 0 Å². The molecule has 1 saturated carbocycles. The number of amides is 2. The van der Waals surface area contributed by atoms with Gasteiger partial charge in [0.15, 0.2) is 0 Å². The second-order valence-electron chi connectivity index (χ2n) is 8.11. The van der Waals surface area contributed by atoms with E-state index in [1.807, 2.05) is 56.2 Å². The number of fused-ring (bicyclic) bond motifs is 1. The number of carbonyl (C=O) groups is 2. The van der Waals surface area contributed by atoms with Crippen LogP contribution in [-0.2, 0) is 11.8 Å². The van der Waals surface area contributed by atoms with Gasteiger partial charge in [-0.25, -0.2) is 4.98 Å². The Morgan fingerprint density at radius 2 is 1.87 bits per heavy atom. The molecule has 3 aromatic rings. The van der Waals surface area contributed by atoms with Gasteiger partial charge in [-0.15, -0.1) is 0 Å². The van der Waals surface area contributed by atoms with Gasteiger partial charge in [0.25, 0.3) is 5.91 Å². The van der Waals surface area contributed by atoms with Crippen LogP contribution in [0.5, 0.6) is 0 Å². The van der Waals surface area contributed by atoms with E-state index in [0.717, 1.165) is 41.4 Å². The lowest BCUT2D eigenvalue weighted by atomic mass is 10.0. The Morgan fingerprint density at radius 3 is 2.60 bits per heavy atom. The van der Waals surface area contributed by atoms with Gasteiger partial charge in [-0.05, 0) is 61.6 Å². The standard InChI is InChI=1S/C24H28N4O2/c1-4-25-23(29)19-9-11-20(13-19)28(3)24(30)17-7-5-16(6-8-17)18-10-12-22-21(14-18)26-15-27(22)2/h5-8,10,12,14-15,19-20H,4,9,11,13H2,1-3H3,(H,25,29)/t19-,20+/m0/s1. The summed E-state index contributed by atoms with van der Waals surface area (Å²) in [4.78, 5) is 31.3. The molecule has 0 spiro atoms. The predicted molar refractivity (Wildman–Crippen MR) is 118 cm³/mol. The molecular weight excluding hydrogens is 376 g/mol. The lowest BCUT2D eigenvalue weighted by molar-refractivity contribution is -0.124. The van der Waals surface area contributed by atoms with Crippen molar-refractivity contribution in [2.45, 2.75) is 32.2 Å². The van der Waals surface area contributed by atoms with Crippen molar-refractivity contribution < 1.29 is 9.59 Å². The summed E-state index contributed by atoms with van der Waals surface area (Å²) in [6.07, 6.45) is 4.25. The van der Waals surface area contributed by atoms with Crippen LogP contribution in [0.3, 0.4) is 0 Å². The molecule has 2 atom stereocenters. The molecule has 0 saturated heterocycles. The lowest BCUT2D eigenvalue weighted by Crippen LogP contribution is -2.36. The molecule has 6 nitrogen and oxygen atoms in total. The molecule has 1 fully saturated rings. The predicted octanol–water partition coefficient (Wildman–Crippen LogP) is 3.62. The molecule has 0 radical (unpaired) electrons. The topological polar surface area (TPSA) is 67.2 Å². The first-order valence-corrected chi connectivity index (χ1v) is 10.5. The van der Waals surface area contributed by atoms with E-state index < -0.39 is 0 Å². The highest BCUT2D eigenvalue weighted by atomic mass is 16.2. The molecule has 4 rings (SSSR count). The number of carbonyl (C=O) groups excluding carboxylic acids is 2. The van der Waals surface area contributed by atoms with Crippen molar-refractivity contribution in [3.05, 3.63) is 54.4 Å². The summed E-state index contributed by atoms with van der Waals surface area (Å²) in [6, 6.07) is 14.0. The van der Waals surface area contributed by atoms with Crippen LogP contribution in [0.2, 0.25) is 0 Å². The Morgan fingerprint density at radius 1 is 1.13 bits per heavy atom. The zero-order valence-corrected chi connectivity index (χ0v) is 17.8.